The van der Waals surface area contributed by atoms with Gasteiger partial charge in [-0.2, -0.15) is 0 Å². The van der Waals surface area contributed by atoms with Crippen molar-refractivity contribution in [3.8, 4) is 0 Å². The molecular weight excluding hydrogens is 196 g/mol. The van der Waals surface area contributed by atoms with Gasteiger partial charge in [0, 0.05) is 11.1 Å². The average molecular weight is 208 g/mol. The number of allylic oxidation sites excluding steroid dienone is 2. The molecular formula is C11H12O4. The predicted octanol–water partition coefficient (Wildman–Crippen LogP) is 0.159. The van der Waals surface area contributed by atoms with Gasteiger partial charge in [-0.05, 0) is 26.0 Å². The second-order valence-corrected chi connectivity index (χ2v) is 3.82. The molecule has 1 heterocycles. The molecule has 0 saturated heterocycles. The third-order valence-corrected chi connectivity index (χ3v) is 2.77. The molecule has 0 aromatic heterocycles. The number of ketones is 2. The summed E-state index contributed by atoms with van der Waals surface area (Å²) >= 11 is 0. The zero-order chi connectivity index (χ0) is 11.2. The van der Waals surface area contributed by atoms with E-state index in [1.807, 2.05) is 0 Å². The number of carbonyl (C=O) groups is 2. The van der Waals surface area contributed by atoms with E-state index in [-0.39, 0.29) is 17.1 Å². The largest absolute Gasteiger partial charge is 0.386 e. The van der Waals surface area contributed by atoms with E-state index < -0.39 is 18.3 Å². The third-order valence-electron chi connectivity index (χ3n) is 2.77. The van der Waals surface area contributed by atoms with Gasteiger partial charge in [0.15, 0.2) is 11.6 Å². The SMILES string of the molecule is C[C@@H]1O[C@H](C)[C@H](O)C2=C1C(=O)C=CC2=O. The van der Waals surface area contributed by atoms with Crippen LogP contribution in [-0.2, 0) is 14.3 Å². The Bertz CT molecular complexity index is 391. The molecule has 0 radical (unpaired) electrons. The van der Waals surface area contributed by atoms with Gasteiger partial charge in [0.25, 0.3) is 0 Å². The smallest absolute Gasteiger partial charge is 0.185 e. The highest BCUT2D eigenvalue weighted by Crippen LogP contribution is 2.30. The average Bonchev–Trinajstić information content (AvgIpc) is 2.18. The summed E-state index contributed by atoms with van der Waals surface area (Å²) in [4.78, 5) is 23.1. The first kappa shape index (κ1) is 10.3. The van der Waals surface area contributed by atoms with Gasteiger partial charge in [0.05, 0.1) is 12.2 Å². The maximum Gasteiger partial charge on any atom is 0.185 e. The molecule has 0 saturated carbocycles. The summed E-state index contributed by atoms with van der Waals surface area (Å²) in [7, 11) is 0. The topological polar surface area (TPSA) is 63.6 Å². The van der Waals surface area contributed by atoms with Gasteiger partial charge in [-0.25, -0.2) is 0 Å². The fourth-order valence-corrected chi connectivity index (χ4v) is 2.02. The van der Waals surface area contributed by atoms with E-state index in [9.17, 15) is 14.7 Å². The molecule has 80 valence electrons. The lowest BCUT2D eigenvalue weighted by Crippen LogP contribution is -2.43. The second kappa shape index (κ2) is 3.40. The fraction of sp³-hybridized carbons (Fsp3) is 0.455. The van der Waals surface area contributed by atoms with Gasteiger partial charge in [0.1, 0.15) is 6.10 Å². The zero-order valence-electron chi connectivity index (χ0n) is 8.56. The Hall–Kier alpha value is -1.26. The number of hydrogen-bond acceptors (Lipinski definition) is 4. The quantitative estimate of drug-likeness (QED) is 0.576. The lowest BCUT2D eigenvalue weighted by atomic mass is 9.84. The minimum atomic E-state index is -1.00. The maximum atomic E-state index is 11.6. The highest BCUT2D eigenvalue weighted by molar-refractivity contribution is 6.21. The van der Waals surface area contributed by atoms with E-state index in [4.69, 9.17) is 4.74 Å². The summed E-state index contributed by atoms with van der Waals surface area (Å²) < 4.78 is 5.37. The Morgan fingerprint density at radius 2 is 1.67 bits per heavy atom. The van der Waals surface area contributed by atoms with Crippen molar-refractivity contribution in [2.45, 2.75) is 32.2 Å². The molecule has 0 aromatic rings. The van der Waals surface area contributed by atoms with Crippen LogP contribution < -0.4 is 0 Å². The van der Waals surface area contributed by atoms with Crippen LogP contribution in [0.2, 0.25) is 0 Å². The standard InChI is InChI=1S/C11H12O4/c1-5-9-7(12)3-4-8(13)10(9)11(14)6(2)15-5/h3-6,11,14H,1-2H3/t5-,6+,11-/m0/s1. The van der Waals surface area contributed by atoms with Crippen LogP contribution in [-0.4, -0.2) is 35.0 Å². The van der Waals surface area contributed by atoms with E-state index in [1.165, 1.54) is 12.2 Å². The van der Waals surface area contributed by atoms with Crippen molar-refractivity contribution in [2.24, 2.45) is 0 Å². The van der Waals surface area contributed by atoms with Gasteiger partial charge < -0.3 is 9.84 Å². The van der Waals surface area contributed by atoms with E-state index in [0.717, 1.165) is 0 Å². The molecule has 15 heavy (non-hydrogen) atoms. The Kier molecular flexibility index (Phi) is 2.32. The first-order valence-electron chi connectivity index (χ1n) is 4.86. The number of aliphatic hydroxyl groups excluding tert-OH is 1. The summed E-state index contributed by atoms with van der Waals surface area (Å²) in [5.74, 6) is -0.540. The van der Waals surface area contributed by atoms with Crippen molar-refractivity contribution < 1.29 is 19.4 Å². The molecule has 2 aliphatic rings. The molecule has 1 aliphatic carbocycles. The van der Waals surface area contributed by atoms with Crippen LogP contribution in [0.15, 0.2) is 23.3 Å². The maximum absolute atomic E-state index is 11.6. The van der Waals surface area contributed by atoms with Crippen LogP contribution in [0.4, 0.5) is 0 Å². The van der Waals surface area contributed by atoms with Crippen molar-refractivity contribution in [3.05, 3.63) is 23.3 Å². The molecule has 1 N–H and O–H groups in total. The molecule has 0 unspecified atom stereocenters. The highest BCUT2D eigenvalue weighted by atomic mass is 16.5. The third kappa shape index (κ3) is 1.46. The van der Waals surface area contributed by atoms with E-state index in [2.05, 4.69) is 0 Å². The number of rotatable bonds is 0. The number of ether oxygens (including phenoxy) is 1. The fourth-order valence-electron chi connectivity index (χ4n) is 2.02. The molecule has 3 atom stereocenters. The summed E-state index contributed by atoms with van der Waals surface area (Å²) in [5, 5.41) is 9.79. The van der Waals surface area contributed by atoms with Crippen LogP contribution in [0.3, 0.4) is 0 Å². The Morgan fingerprint density at radius 3 is 2.27 bits per heavy atom. The van der Waals surface area contributed by atoms with Crippen LogP contribution in [0.25, 0.3) is 0 Å². The second-order valence-electron chi connectivity index (χ2n) is 3.82. The molecule has 0 spiro atoms. The van der Waals surface area contributed by atoms with Crippen molar-refractivity contribution in [1.82, 2.24) is 0 Å². The molecule has 4 heteroatoms. The monoisotopic (exact) mass is 208 g/mol. The van der Waals surface area contributed by atoms with Crippen molar-refractivity contribution >= 4 is 11.6 Å². The molecule has 1 aliphatic heterocycles. The van der Waals surface area contributed by atoms with Crippen LogP contribution >= 0.6 is 0 Å². The first-order chi connectivity index (χ1) is 7.02. The van der Waals surface area contributed by atoms with Crippen LogP contribution in [0.1, 0.15) is 13.8 Å². The minimum absolute atomic E-state index is 0.203. The molecule has 0 aromatic carbocycles. The van der Waals surface area contributed by atoms with Gasteiger partial charge in [0.2, 0.25) is 0 Å². The normalized spacial score (nSPS) is 35.8. The lowest BCUT2D eigenvalue weighted by Gasteiger charge is -2.34. The molecule has 0 bridgehead atoms. The lowest BCUT2D eigenvalue weighted by molar-refractivity contribution is -0.122. The Labute approximate surface area is 87.2 Å². The van der Waals surface area contributed by atoms with Crippen LogP contribution in [0, 0.1) is 0 Å². The summed E-state index contributed by atoms with van der Waals surface area (Å²) in [6.45, 7) is 3.39. The number of aliphatic hydroxyl groups is 1. The minimum Gasteiger partial charge on any atom is -0.386 e. The van der Waals surface area contributed by atoms with Crippen LogP contribution in [0.5, 0.6) is 0 Å². The summed E-state index contributed by atoms with van der Waals surface area (Å²) in [6.07, 6.45) is 0.540. The van der Waals surface area contributed by atoms with E-state index >= 15 is 0 Å². The van der Waals surface area contributed by atoms with Gasteiger partial charge in [-0.15, -0.1) is 0 Å². The van der Waals surface area contributed by atoms with Crippen molar-refractivity contribution in [3.63, 3.8) is 0 Å². The van der Waals surface area contributed by atoms with Gasteiger partial charge in [-0.1, -0.05) is 0 Å². The van der Waals surface area contributed by atoms with E-state index in [0.29, 0.717) is 5.57 Å². The summed E-state index contributed by atoms with van der Waals surface area (Å²) in [6, 6.07) is 0. The van der Waals surface area contributed by atoms with Gasteiger partial charge in [-0.3, -0.25) is 9.59 Å². The number of hydrogen-bond donors (Lipinski definition) is 1. The Morgan fingerprint density at radius 1 is 1.13 bits per heavy atom. The van der Waals surface area contributed by atoms with E-state index in [1.54, 1.807) is 13.8 Å². The Balaban J connectivity index is 2.54. The first-order valence-corrected chi connectivity index (χ1v) is 4.86. The molecule has 4 nitrogen and oxygen atoms in total. The highest BCUT2D eigenvalue weighted by Gasteiger charge is 2.39. The molecule has 0 fully saturated rings. The molecule has 0 amide bonds. The van der Waals surface area contributed by atoms with Gasteiger partial charge >= 0.3 is 0 Å². The molecule has 2 rings (SSSR count). The predicted molar refractivity (Wildman–Crippen MR) is 52.2 cm³/mol. The zero-order valence-corrected chi connectivity index (χ0v) is 8.56. The van der Waals surface area contributed by atoms with Crippen molar-refractivity contribution in [2.75, 3.05) is 0 Å². The summed E-state index contributed by atoms with van der Waals surface area (Å²) in [5.41, 5.74) is 0.502. The number of carbonyl (C=O) groups excluding carboxylic acids is 2. The van der Waals surface area contributed by atoms with Crippen molar-refractivity contribution in [1.29, 1.82) is 0 Å².